The van der Waals surface area contributed by atoms with Crippen molar-refractivity contribution in [3.8, 4) is 0 Å². The van der Waals surface area contributed by atoms with Gasteiger partial charge in [0.25, 0.3) is 11.8 Å². The minimum absolute atomic E-state index is 0.0349. The number of nitrogens with two attached hydrogens (primary N) is 1. The quantitative estimate of drug-likeness (QED) is 0.206. The maximum absolute atomic E-state index is 14.3. The van der Waals surface area contributed by atoms with Gasteiger partial charge in [-0.25, -0.2) is 4.98 Å². The van der Waals surface area contributed by atoms with Gasteiger partial charge >= 0.3 is 0 Å². The van der Waals surface area contributed by atoms with E-state index in [0.717, 1.165) is 36.6 Å². The van der Waals surface area contributed by atoms with E-state index in [0.29, 0.717) is 24.4 Å². The molecule has 266 valence electrons. The number of fused-ring (bicyclic) bond motifs is 2. The summed E-state index contributed by atoms with van der Waals surface area (Å²) in [5.41, 5.74) is 6.30. The van der Waals surface area contributed by atoms with Gasteiger partial charge in [-0.3, -0.25) is 24.0 Å². The highest BCUT2D eigenvalue weighted by molar-refractivity contribution is 5.99. The van der Waals surface area contributed by atoms with Gasteiger partial charge in [0.15, 0.2) is 6.10 Å². The molecule has 1 aliphatic carbocycles. The second-order valence-electron chi connectivity index (χ2n) is 14.6. The maximum Gasteiger partial charge on any atom is 0.270 e. The van der Waals surface area contributed by atoms with Crippen molar-refractivity contribution in [3.05, 3.63) is 78.0 Å². The van der Waals surface area contributed by atoms with Crippen molar-refractivity contribution < 1.29 is 29.1 Å². The van der Waals surface area contributed by atoms with Crippen molar-refractivity contribution in [1.29, 1.82) is 0 Å². The number of benzene rings is 2. The molecule has 1 saturated carbocycles. The minimum atomic E-state index is -1.74. The van der Waals surface area contributed by atoms with Gasteiger partial charge in [0.2, 0.25) is 17.7 Å². The normalized spacial score (nSPS) is 20.9. The number of aromatic nitrogens is 1. The Morgan fingerprint density at radius 1 is 0.920 bits per heavy atom. The van der Waals surface area contributed by atoms with E-state index in [-0.39, 0.29) is 23.9 Å². The van der Waals surface area contributed by atoms with Crippen LogP contribution in [0, 0.1) is 11.8 Å². The number of piperidine rings is 1. The fourth-order valence-corrected chi connectivity index (χ4v) is 7.14. The third kappa shape index (κ3) is 9.23. The molecule has 6 N–H and O–H groups in total. The molecule has 2 aromatic carbocycles. The van der Waals surface area contributed by atoms with Gasteiger partial charge in [-0.2, -0.15) is 0 Å². The molecule has 12 heteroatoms. The third-order valence-corrected chi connectivity index (χ3v) is 9.60. The summed E-state index contributed by atoms with van der Waals surface area (Å²) < 4.78 is 0. The number of aliphatic hydroxyl groups is 1. The molecule has 2 fully saturated rings. The zero-order valence-corrected chi connectivity index (χ0v) is 28.9. The van der Waals surface area contributed by atoms with Crippen LogP contribution in [0.2, 0.25) is 0 Å². The zero-order valence-electron chi connectivity index (χ0n) is 28.9. The van der Waals surface area contributed by atoms with Crippen molar-refractivity contribution in [2.45, 2.75) is 95.5 Å². The topological polar surface area (TPSA) is 184 Å². The Bertz CT molecular complexity index is 1710. The molecular formula is C38H48N6O6. The lowest BCUT2D eigenvalue weighted by molar-refractivity contribution is -0.154. The average Bonchev–Trinajstić information content (AvgIpc) is 3.09. The first-order valence-corrected chi connectivity index (χ1v) is 17.4. The standard InChI is InChI=1S/C38H48N6O6/c1-38(2,3)43-36(49)31-20-25-14-7-8-15-26(25)22-44(31)37(50)33(46)29(19-23-11-5-4-6-12-23)41-35(48)30(21-32(39)45)42-34(47)28-18-17-24-13-9-10-16-27(24)40-28/h4-6,9-13,16-18,25-26,29-31,33,46H,7-8,14-15,19-22H2,1-3H3,(H2,39,45)(H,41,48)(H,42,47)(H,43,49)/t25?,26?,29-,30-,31-,33?/m0/s1. The number of para-hydroxylation sites is 1. The summed E-state index contributed by atoms with van der Waals surface area (Å²) in [6, 6.07) is 16.1. The fraction of sp³-hybridized carbons (Fsp3) is 0.474. The number of carbonyl (C=O) groups is 5. The van der Waals surface area contributed by atoms with Crippen LogP contribution in [0.25, 0.3) is 10.9 Å². The number of nitrogens with zero attached hydrogens (tertiary/aromatic N) is 2. The highest BCUT2D eigenvalue weighted by atomic mass is 16.3. The first kappa shape index (κ1) is 36.4. The van der Waals surface area contributed by atoms with Crippen molar-refractivity contribution in [2.75, 3.05) is 6.54 Å². The number of amides is 5. The molecule has 0 bridgehead atoms. The van der Waals surface area contributed by atoms with E-state index < -0.39 is 59.8 Å². The lowest BCUT2D eigenvalue weighted by Crippen LogP contribution is -2.63. The highest BCUT2D eigenvalue weighted by Crippen LogP contribution is 2.39. The minimum Gasteiger partial charge on any atom is -0.381 e. The summed E-state index contributed by atoms with van der Waals surface area (Å²) >= 11 is 0. The monoisotopic (exact) mass is 684 g/mol. The lowest BCUT2D eigenvalue weighted by atomic mass is 9.72. The largest absolute Gasteiger partial charge is 0.381 e. The smallest absolute Gasteiger partial charge is 0.270 e. The predicted octanol–water partition coefficient (Wildman–Crippen LogP) is 2.62. The van der Waals surface area contributed by atoms with Gasteiger partial charge in [-0.05, 0) is 69.6 Å². The van der Waals surface area contributed by atoms with E-state index in [1.54, 1.807) is 42.5 Å². The summed E-state index contributed by atoms with van der Waals surface area (Å²) in [5, 5.41) is 20.9. The maximum atomic E-state index is 14.3. The Kier molecular flexibility index (Phi) is 11.5. The molecule has 3 unspecified atom stereocenters. The molecule has 12 nitrogen and oxygen atoms in total. The molecule has 2 aliphatic rings. The molecule has 50 heavy (non-hydrogen) atoms. The predicted molar refractivity (Wildman–Crippen MR) is 188 cm³/mol. The highest BCUT2D eigenvalue weighted by Gasteiger charge is 2.45. The Labute approximate surface area is 292 Å². The molecule has 5 rings (SSSR count). The van der Waals surface area contributed by atoms with Gasteiger partial charge in [0.1, 0.15) is 17.8 Å². The van der Waals surface area contributed by atoms with E-state index >= 15 is 0 Å². The van der Waals surface area contributed by atoms with Crippen LogP contribution in [0.3, 0.4) is 0 Å². The fourth-order valence-electron chi connectivity index (χ4n) is 7.14. The van der Waals surface area contributed by atoms with Crippen molar-refractivity contribution in [2.24, 2.45) is 17.6 Å². The molecule has 5 amide bonds. The molecular weight excluding hydrogens is 636 g/mol. The average molecular weight is 685 g/mol. The second-order valence-corrected chi connectivity index (χ2v) is 14.6. The second kappa shape index (κ2) is 15.8. The van der Waals surface area contributed by atoms with Crippen molar-refractivity contribution in [3.63, 3.8) is 0 Å². The Morgan fingerprint density at radius 2 is 1.60 bits per heavy atom. The van der Waals surface area contributed by atoms with E-state index in [1.165, 1.54) is 11.0 Å². The van der Waals surface area contributed by atoms with Crippen LogP contribution in [0.15, 0.2) is 66.7 Å². The first-order chi connectivity index (χ1) is 23.8. The summed E-state index contributed by atoms with van der Waals surface area (Å²) in [5.74, 6) is -2.78. The molecule has 1 aromatic heterocycles. The number of carbonyl (C=O) groups excluding carboxylic acids is 5. The number of hydrogen-bond acceptors (Lipinski definition) is 7. The summed E-state index contributed by atoms with van der Waals surface area (Å²) in [4.78, 5) is 72.9. The number of pyridine rings is 1. The van der Waals surface area contributed by atoms with Crippen LogP contribution in [0.5, 0.6) is 0 Å². The Balaban J connectivity index is 1.39. The van der Waals surface area contributed by atoms with Gasteiger partial charge < -0.3 is 31.7 Å². The molecule has 0 spiro atoms. The Hall–Kier alpha value is -4.84. The van der Waals surface area contributed by atoms with Gasteiger partial charge in [-0.1, -0.05) is 73.9 Å². The SMILES string of the molecule is CC(C)(C)NC(=O)[C@@H]1CC2CCCCC2CN1C(=O)C(O)[C@H](Cc1ccccc1)NC(=O)[C@H](CC(N)=O)NC(=O)c1ccc2ccccc2n1. The van der Waals surface area contributed by atoms with Crippen molar-refractivity contribution >= 4 is 40.4 Å². The van der Waals surface area contributed by atoms with Gasteiger partial charge in [-0.15, -0.1) is 0 Å². The number of aliphatic hydroxyl groups excluding tert-OH is 1. The van der Waals surface area contributed by atoms with Crippen LogP contribution < -0.4 is 21.7 Å². The number of likely N-dealkylation sites (tertiary alicyclic amines) is 1. The number of nitrogens with one attached hydrogen (secondary N) is 3. The zero-order chi connectivity index (χ0) is 36.0. The molecule has 6 atom stereocenters. The first-order valence-electron chi connectivity index (χ1n) is 17.4. The van der Waals surface area contributed by atoms with E-state index in [9.17, 15) is 29.1 Å². The summed E-state index contributed by atoms with van der Waals surface area (Å²) in [6.45, 7) is 5.95. The lowest BCUT2D eigenvalue weighted by Gasteiger charge is -2.47. The summed E-state index contributed by atoms with van der Waals surface area (Å²) in [6.07, 6.45) is 2.33. The van der Waals surface area contributed by atoms with Crippen LogP contribution in [-0.2, 0) is 25.6 Å². The molecule has 1 aliphatic heterocycles. The van der Waals surface area contributed by atoms with Crippen LogP contribution in [-0.4, -0.2) is 80.8 Å². The van der Waals surface area contributed by atoms with Crippen LogP contribution in [0.1, 0.15) is 75.3 Å². The summed E-state index contributed by atoms with van der Waals surface area (Å²) in [7, 11) is 0. The van der Waals surface area contributed by atoms with Crippen LogP contribution in [0.4, 0.5) is 0 Å². The van der Waals surface area contributed by atoms with E-state index in [2.05, 4.69) is 20.9 Å². The molecule has 0 radical (unpaired) electrons. The molecule has 2 heterocycles. The van der Waals surface area contributed by atoms with Crippen molar-refractivity contribution in [1.82, 2.24) is 25.8 Å². The third-order valence-electron chi connectivity index (χ3n) is 9.60. The molecule has 3 aromatic rings. The van der Waals surface area contributed by atoms with E-state index in [4.69, 9.17) is 5.73 Å². The Morgan fingerprint density at radius 3 is 2.30 bits per heavy atom. The molecule has 1 saturated heterocycles. The van der Waals surface area contributed by atoms with Gasteiger partial charge in [0.05, 0.1) is 18.0 Å². The van der Waals surface area contributed by atoms with Crippen LogP contribution >= 0.6 is 0 Å². The van der Waals surface area contributed by atoms with E-state index in [1.807, 2.05) is 39.0 Å². The number of hydrogen-bond donors (Lipinski definition) is 5. The number of rotatable bonds is 11. The van der Waals surface area contributed by atoms with Gasteiger partial charge in [0, 0.05) is 17.5 Å². The number of primary amides is 1.